The molecule has 0 radical (unpaired) electrons. The summed E-state index contributed by atoms with van der Waals surface area (Å²) in [6.07, 6.45) is 0.265. The van der Waals surface area contributed by atoms with Crippen molar-refractivity contribution in [3.63, 3.8) is 0 Å². The first-order valence-corrected chi connectivity index (χ1v) is 8.72. The maximum atomic E-state index is 13.4. The first kappa shape index (κ1) is 19.5. The highest BCUT2D eigenvalue weighted by atomic mass is 19.1. The number of ether oxygens (including phenoxy) is 2. The predicted molar refractivity (Wildman–Crippen MR) is 100 cm³/mol. The van der Waals surface area contributed by atoms with Gasteiger partial charge in [0.1, 0.15) is 5.82 Å². The maximum Gasteiger partial charge on any atom is 0.322 e. The van der Waals surface area contributed by atoms with E-state index < -0.39 is 23.9 Å². The fourth-order valence-electron chi connectivity index (χ4n) is 3.42. The lowest BCUT2D eigenvalue weighted by molar-refractivity contribution is -0.138. The number of carbonyl (C=O) groups excluding carboxylic acids is 1. The molecule has 0 fully saturated rings. The van der Waals surface area contributed by atoms with Gasteiger partial charge in [-0.2, -0.15) is 0 Å². The zero-order valence-electron chi connectivity index (χ0n) is 15.6. The van der Waals surface area contributed by atoms with Crippen molar-refractivity contribution in [2.45, 2.75) is 18.9 Å². The van der Waals surface area contributed by atoms with Crippen LogP contribution in [0, 0.1) is 5.82 Å². The zero-order chi connectivity index (χ0) is 20.3. The number of rotatable bonds is 5. The minimum atomic E-state index is -1.03. The van der Waals surface area contributed by atoms with Crippen molar-refractivity contribution in [1.82, 2.24) is 4.90 Å². The maximum absolute atomic E-state index is 13.4. The third-order valence-corrected chi connectivity index (χ3v) is 4.71. The second-order valence-corrected chi connectivity index (χ2v) is 6.40. The molecule has 1 aliphatic heterocycles. The topological polar surface area (TPSA) is 88.1 Å². The number of carboxylic acids is 1. The third-order valence-electron chi connectivity index (χ3n) is 4.71. The van der Waals surface area contributed by atoms with Crippen molar-refractivity contribution in [1.29, 1.82) is 0 Å². The summed E-state index contributed by atoms with van der Waals surface area (Å²) >= 11 is 0. The number of nitrogens with one attached hydrogen (secondary N) is 1. The Morgan fingerprint density at radius 2 is 1.93 bits per heavy atom. The minimum absolute atomic E-state index is 0.265. The average molecular weight is 388 g/mol. The van der Waals surface area contributed by atoms with E-state index in [4.69, 9.17) is 9.47 Å². The van der Waals surface area contributed by atoms with Gasteiger partial charge in [-0.05, 0) is 47.9 Å². The lowest BCUT2D eigenvalue weighted by Gasteiger charge is -2.37. The number of hydrogen-bond donors (Lipinski definition) is 2. The van der Waals surface area contributed by atoms with Crippen LogP contribution in [0.4, 0.5) is 14.9 Å². The van der Waals surface area contributed by atoms with Gasteiger partial charge in [-0.25, -0.2) is 9.18 Å². The molecule has 1 aliphatic rings. The summed E-state index contributed by atoms with van der Waals surface area (Å²) in [6, 6.07) is 7.89. The summed E-state index contributed by atoms with van der Waals surface area (Å²) in [5.74, 6) is -0.492. The van der Waals surface area contributed by atoms with E-state index in [2.05, 4.69) is 5.32 Å². The van der Waals surface area contributed by atoms with Crippen molar-refractivity contribution in [2.24, 2.45) is 0 Å². The molecular formula is C20H21FN2O5. The number of carbonyl (C=O) groups is 2. The van der Waals surface area contributed by atoms with Gasteiger partial charge in [0.15, 0.2) is 11.5 Å². The summed E-state index contributed by atoms with van der Waals surface area (Å²) in [4.78, 5) is 25.7. The van der Waals surface area contributed by atoms with E-state index in [0.29, 0.717) is 35.7 Å². The number of fused-ring (bicyclic) bond motifs is 1. The van der Waals surface area contributed by atoms with E-state index in [1.54, 1.807) is 12.1 Å². The summed E-state index contributed by atoms with van der Waals surface area (Å²) in [6.45, 7) is 0.321. The van der Waals surface area contributed by atoms with Gasteiger partial charge >= 0.3 is 12.0 Å². The Hall–Kier alpha value is -3.29. The van der Waals surface area contributed by atoms with E-state index in [1.165, 1.54) is 37.3 Å². The molecule has 0 saturated carbocycles. The standard InChI is InChI=1S/C20H21FN2O5/c1-27-17-8-12-6-7-23(20(26)22-14-5-3-4-13(21)9-14)16(11-19(24)25)15(12)10-18(17)28-2/h3-5,8-10,16H,6-7,11H2,1-2H3,(H,22,26)(H,24,25)/t16-/m0/s1. The van der Waals surface area contributed by atoms with E-state index in [9.17, 15) is 19.1 Å². The largest absolute Gasteiger partial charge is 0.493 e. The molecule has 0 spiro atoms. The third kappa shape index (κ3) is 4.00. The number of methoxy groups -OCH3 is 2. The molecule has 7 nitrogen and oxygen atoms in total. The van der Waals surface area contributed by atoms with Gasteiger partial charge in [0, 0.05) is 12.2 Å². The van der Waals surface area contributed by atoms with E-state index in [0.717, 1.165) is 5.56 Å². The van der Waals surface area contributed by atoms with Crippen LogP contribution < -0.4 is 14.8 Å². The Labute approximate surface area is 161 Å². The summed E-state index contributed by atoms with van der Waals surface area (Å²) in [5.41, 5.74) is 1.90. The van der Waals surface area contributed by atoms with Crippen molar-refractivity contribution < 1.29 is 28.6 Å². The number of halogens is 1. The van der Waals surface area contributed by atoms with Crippen LogP contribution in [0.15, 0.2) is 36.4 Å². The van der Waals surface area contributed by atoms with Crippen LogP contribution in [-0.4, -0.2) is 42.8 Å². The Kier molecular flexibility index (Phi) is 5.67. The van der Waals surface area contributed by atoms with Crippen molar-refractivity contribution >= 4 is 17.7 Å². The molecule has 1 atom stereocenters. The molecule has 2 N–H and O–H groups in total. The molecule has 2 aromatic carbocycles. The molecule has 3 rings (SSSR count). The summed E-state index contributed by atoms with van der Waals surface area (Å²) in [5, 5.41) is 12.0. The van der Waals surface area contributed by atoms with Gasteiger partial charge in [-0.1, -0.05) is 6.07 Å². The lowest BCUT2D eigenvalue weighted by atomic mass is 9.90. The van der Waals surface area contributed by atoms with Gasteiger partial charge < -0.3 is 24.8 Å². The first-order valence-electron chi connectivity index (χ1n) is 8.72. The van der Waals surface area contributed by atoms with E-state index in [1.807, 2.05) is 6.07 Å². The Bertz CT molecular complexity index is 902. The van der Waals surface area contributed by atoms with Crippen molar-refractivity contribution in [3.8, 4) is 11.5 Å². The average Bonchev–Trinajstić information content (AvgIpc) is 2.66. The number of urea groups is 1. The highest BCUT2D eigenvalue weighted by molar-refractivity contribution is 5.90. The quantitative estimate of drug-likeness (QED) is 0.819. The molecule has 8 heteroatoms. The molecule has 1 heterocycles. The van der Waals surface area contributed by atoms with Crippen LogP contribution in [0.2, 0.25) is 0 Å². The number of aliphatic carboxylic acids is 1. The predicted octanol–water partition coefficient (Wildman–Crippen LogP) is 3.45. The van der Waals surface area contributed by atoms with Gasteiger partial charge in [0.05, 0.1) is 26.7 Å². The number of hydrogen-bond acceptors (Lipinski definition) is 4. The molecule has 0 unspecified atom stereocenters. The molecule has 2 aromatic rings. The number of anilines is 1. The molecule has 148 valence electrons. The Morgan fingerprint density at radius 1 is 1.21 bits per heavy atom. The number of benzene rings is 2. The zero-order valence-corrected chi connectivity index (χ0v) is 15.6. The second-order valence-electron chi connectivity index (χ2n) is 6.40. The Morgan fingerprint density at radius 3 is 2.57 bits per heavy atom. The fourth-order valence-corrected chi connectivity index (χ4v) is 3.42. The van der Waals surface area contributed by atoms with E-state index in [-0.39, 0.29) is 6.42 Å². The van der Waals surface area contributed by atoms with Crippen LogP contribution in [0.25, 0.3) is 0 Å². The molecule has 28 heavy (non-hydrogen) atoms. The molecule has 0 aliphatic carbocycles. The van der Waals surface area contributed by atoms with Crippen LogP contribution in [0.5, 0.6) is 11.5 Å². The van der Waals surface area contributed by atoms with Gasteiger partial charge in [0.25, 0.3) is 0 Å². The normalized spacial score (nSPS) is 15.5. The fraction of sp³-hybridized carbons (Fsp3) is 0.300. The highest BCUT2D eigenvalue weighted by Crippen LogP contribution is 2.39. The van der Waals surface area contributed by atoms with Crippen LogP contribution in [0.1, 0.15) is 23.6 Å². The van der Waals surface area contributed by atoms with Crippen LogP contribution in [-0.2, 0) is 11.2 Å². The van der Waals surface area contributed by atoms with Crippen LogP contribution >= 0.6 is 0 Å². The number of nitrogens with zero attached hydrogens (tertiary/aromatic N) is 1. The summed E-state index contributed by atoms with van der Waals surface area (Å²) in [7, 11) is 3.02. The lowest BCUT2D eigenvalue weighted by Crippen LogP contribution is -2.43. The minimum Gasteiger partial charge on any atom is -0.493 e. The SMILES string of the molecule is COc1cc2c(cc1OC)[C@H](CC(=O)O)N(C(=O)Nc1cccc(F)c1)CC2. The van der Waals surface area contributed by atoms with Crippen molar-refractivity contribution in [3.05, 3.63) is 53.3 Å². The van der Waals surface area contributed by atoms with Gasteiger partial charge in [-0.3, -0.25) is 4.79 Å². The summed E-state index contributed by atoms with van der Waals surface area (Å²) < 4.78 is 24.0. The van der Waals surface area contributed by atoms with E-state index >= 15 is 0 Å². The molecule has 0 aromatic heterocycles. The molecule has 0 saturated heterocycles. The second kappa shape index (κ2) is 8.16. The first-order chi connectivity index (χ1) is 13.4. The van der Waals surface area contributed by atoms with Crippen LogP contribution in [0.3, 0.4) is 0 Å². The molecule has 0 bridgehead atoms. The molecule has 2 amide bonds. The van der Waals surface area contributed by atoms with Gasteiger partial charge in [0.2, 0.25) is 0 Å². The van der Waals surface area contributed by atoms with Crippen molar-refractivity contribution in [2.75, 3.05) is 26.1 Å². The monoisotopic (exact) mass is 388 g/mol. The Balaban J connectivity index is 1.94. The molecular weight excluding hydrogens is 367 g/mol. The van der Waals surface area contributed by atoms with Gasteiger partial charge in [-0.15, -0.1) is 0 Å². The number of carboxylic acid groups (broad SMARTS) is 1. The number of amides is 2. The smallest absolute Gasteiger partial charge is 0.322 e. The highest BCUT2D eigenvalue weighted by Gasteiger charge is 2.33.